The molecule has 0 unspecified atom stereocenters. The summed E-state index contributed by atoms with van der Waals surface area (Å²) in [6, 6.07) is 29.7. The Bertz CT molecular complexity index is 1460. The number of benzene rings is 4. The van der Waals surface area contributed by atoms with E-state index < -0.39 is 17.8 Å². The molecule has 4 aliphatic rings. The molecular weight excluding hydrogens is 450 g/mol. The van der Waals surface area contributed by atoms with E-state index in [2.05, 4.69) is 24.3 Å². The lowest BCUT2D eigenvalue weighted by atomic mass is 9.55. The van der Waals surface area contributed by atoms with Crippen LogP contribution in [-0.2, 0) is 14.4 Å². The molecule has 3 aliphatic carbocycles. The van der Waals surface area contributed by atoms with E-state index in [1.165, 1.54) is 4.90 Å². The molecule has 0 saturated carbocycles. The Morgan fingerprint density at radius 2 is 1.17 bits per heavy atom. The summed E-state index contributed by atoms with van der Waals surface area (Å²) in [5.41, 5.74) is 4.56. The Balaban J connectivity index is 1.13. The van der Waals surface area contributed by atoms with E-state index in [1.54, 1.807) is 6.07 Å². The van der Waals surface area contributed by atoms with Gasteiger partial charge in [0.1, 0.15) is 5.75 Å². The van der Waals surface area contributed by atoms with E-state index in [0.29, 0.717) is 5.75 Å². The van der Waals surface area contributed by atoms with Crippen molar-refractivity contribution in [3.05, 3.63) is 113 Å². The number of hydrogen-bond acceptors (Lipinski definition) is 4. The first-order chi connectivity index (χ1) is 17.6. The summed E-state index contributed by atoms with van der Waals surface area (Å²) in [6.07, 6.45) is -0.0427. The predicted molar refractivity (Wildman–Crippen MR) is 134 cm³/mol. The third kappa shape index (κ3) is 2.99. The molecule has 1 saturated heterocycles. The van der Waals surface area contributed by atoms with Crippen LogP contribution >= 0.6 is 0 Å². The summed E-state index contributed by atoms with van der Waals surface area (Å²) in [7, 11) is 0. The molecule has 0 N–H and O–H groups in total. The van der Waals surface area contributed by atoms with Crippen molar-refractivity contribution in [2.75, 3.05) is 6.54 Å². The number of carbonyl (C=O) groups is 3. The molecule has 2 atom stereocenters. The van der Waals surface area contributed by atoms with Gasteiger partial charge in [0.15, 0.2) is 0 Å². The maximum atomic E-state index is 13.6. The highest BCUT2D eigenvalue weighted by Gasteiger charge is 2.61. The van der Waals surface area contributed by atoms with Gasteiger partial charge in [-0.1, -0.05) is 78.9 Å². The van der Waals surface area contributed by atoms with Crippen LogP contribution in [0.5, 0.6) is 5.75 Å². The van der Waals surface area contributed by atoms with Gasteiger partial charge in [0.05, 0.1) is 18.3 Å². The summed E-state index contributed by atoms with van der Waals surface area (Å²) >= 11 is 0. The monoisotopic (exact) mass is 473 g/mol. The van der Waals surface area contributed by atoms with Crippen LogP contribution in [0.4, 0.5) is 0 Å². The minimum absolute atomic E-state index is 0.0310. The van der Waals surface area contributed by atoms with Crippen molar-refractivity contribution >= 4 is 28.6 Å². The molecule has 8 rings (SSSR count). The van der Waals surface area contributed by atoms with Crippen LogP contribution in [0.3, 0.4) is 0 Å². The maximum absolute atomic E-state index is 13.6. The van der Waals surface area contributed by atoms with Gasteiger partial charge in [0, 0.05) is 18.4 Å². The second kappa shape index (κ2) is 7.89. The number of fused-ring (bicyclic) bond motifs is 1. The lowest BCUT2D eigenvalue weighted by molar-refractivity contribution is -0.141. The van der Waals surface area contributed by atoms with Crippen LogP contribution in [0, 0.1) is 11.8 Å². The highest BCUT2D eigenvalue weighted by Crippen LogP contribution is 2.60. The zero-order chi connectivity index (χ0) is 24.4. The number of amides is 2. The number of ether oxygens (including phenoxy) is 1. The number of esters is 1. The zero-order valence-corrected chi connectivity index (χ0v) is 19.5. The molecule has 0 spiro atoms. The second-order valence-corrected chi connectivity index (χ2v) is 9.83. The molecule has 1 fully saturated rings. The number of nitrogens with zero attached hydrogens (tertiary/aromatic N) is 1. The summed E-state index contributed by atoms with van der Waals surface area (Å²) in [5, 5.41) is 2.04. The third-order valence-electron chi connectivity index (χ3n) is 8.03. The molecule has 5 heteroatoms. The molecule has 4 aromatic carbocycles. The van der Waals surface area contributed by atoms with Crippen molar-refractivity contribution in [2.45, 2.75) is 18.3 Å². The Morgan fingerprint density at radius 1 is 0.667 bits per heavy atom. The van der Waals surface area contributed by atoms with Crippen LogP contribution in [0.25, 0.3) is 10.8 Å². The molecule has 1 heterocycles. The van der Waals surface area contributed by atoms with Crippen LogP contribution < -0.4 is 4.74 Å². The third-order valence-corrected chi connectivity index (χ3v) is 8.03. The fraction of sp³-hybridized carbons (Fsp3) is 0.194. The van der Waals surface area contributed by atoms with Crippen LogP contribution in [0.15, 0.2) is 91.0 Å². The molecule has 36 heavy (non-hydrogen) atoms. The summed E-state index contributed by atoms with van der Waals surface area (Å²) < 4.78 is 5.54. The Morgan fingerprint density at radius 3 is 1.72 bits per heavy atom. The van der Waals surface area contributed by atoms with Gasteiger partial charge in [0.25, 0.3) is 0 Å². The number of hydrogen-bond donors (Lipinski definition) is 0. The summed E-state index contributed by atoms with van der Waals surface area (Å²) in [5.74, 6) is -1.50. The van der Waals surface area contributed by atoms with Gasteiger partial charge in [0.2, 0.25) is 11.8 Å². The molecule has 1 aliphatic heterocycles. The van der Waals surface area contributed by atoms with Gasteiger partial charge in [-0.15, -0.1) is 0 Å². The van der Waals surface area contributed by atoms with E-state index in [4.69, 9.17) is 4.74 Å². The van der Waals surface area contributed by atoms with Gasteiger partial charge >= 0.3 is 5.97 Å². The fourth-order valence-corrected chi connectivity index (χ4v) is 6.58. The van der Waals surface area contributed by atoms with Gasteiger partial charge in [-0.05, 0) is 45.2 Å². The molecule has 2 bridgehead atoms. The van der Waals surface area contributed by atoms with Crippen molar-refractivity contribution in [2.24, 2.45) is 11.8 Å². The van der Waals surface area contributed by atoms with E-state index in [0.717, 1.165) is 33.0 Å². The highest BCUT2D eigenvalue weighted by atomic mass is 16.5. The number of carbonyl (C=O) groups excluding carboxylic acids is 3. The normalized spacial score (nSPS) is 23.4. The van der Waals surface area contributed by atoms with Crippen molar-refractivity contribution in [1.82, 2.24) is 4.90 Å². The number of rotatable bonds is 4. The Kier molecular flexibility index (Phi) is 4.61. The summed E-state index contributed by atoms with van der Waals surface area (Å²) in [4.78, 5) is 41.2. The molecular formula is C31H23NO4. The van der Waals surface area contributed by atoms with Crippen molar-refractivity contribution in [1.29, 1.82) is 0 Å². The molecule has 0 aromatic heterocycles. The lowest BCUT2D eigenvalue weighted by Gasteiger charge is -2.45. The molecule has 0 radical (unpaired) electrons. The zero-order valence-electron chi connectivity index (χ0n) is 19.5. The van der Waals surface area contributed by atoms with E-state index in [-0.39, 0.29) is 36.6 Å². The van der Waals surface area contributed by atoms with Gasteiger partial charge < -0.3 is 4.74 Å². The van der Waals surface area contributed by atoms with Gasteiger partial charge in [-0.3, -0.25) is 19.3 Å². The van der Waals surface area contributed by atoms with Gasteiger partial charge in [-0.25, -0.2) is 0 Å². The number of likely N-dealkylation sites (tertiary alicyclic amines) is 1. The maximum Gasteiger partial charge on any atom is 0.312 e. The van der Waals surface area contributed by atoms with Crippen molar-refractivity contribution < 1.29 is 19.1 Å². The topological polar surface area (TPSA) is 63.7 Å². The van der Waals surface area contributed by atoms with E-state index in [9.17, 15) is 14.4 Å². The minimum atomic E-state index is -0.463. The lowest BCUT2D eigenvalue weighted by Crippen LogP contribution is -2.41. The molecule has 176 valence electrons. The predicted octanol–water partition coefficient (Wildman–Crippen LogP) is 5.03. The fourth-order valence-electron chi connectivity index (χ4n) is 6.58. The molecule has 2 amide bonds. The van der Waals surface area contributed by atoms with E-state index in [1.807, 2.05) is 60.7 Å². The van der Waals surface area contributed by atoms with Gasteiger partial charge in [-0.2, -0.15) is 0 Å². The second-order valence-electron chi connectivity index (χ2n) is 9.83. The first-order valence-corrected chi connectivity index (χ1v) is 12.3. The Labute approximate surface area is 208 Å². The molecule has 5 nitrogen and oxygen atoms in total. The largest absolute Gasteiger partial charge is 0.426 e. The minimum Gasteiger partial charge on any atom is -0.426 e. The Hall–Kier alpha value is -4.25. The van der Waals surface area contributed by atoms with Crippen LogP contribution in [-0.4, -0.2) is 29.2 Å². The standard InChI is InChI=1S/C31H23NO4/c33-25(36-20-14-13-18-7-1-2-8-19(18)17-20)15-16-32-30(34)28-26-21-9-3-4-10-22(21)27(29(28)31(32)35)24-12-6-5-11-23(24)26/h1-14,17,26-29H,15-16H2/t26?,27?,28-,29-/m1/s1. The highest BCUT2D eigenvalue weighted by molar-refractivity contribution is 6.08. The van der Waals surface area contributed by atoms with E-state index >= 15 is 0 Å². The first-order valence-electron chi connectivity index (χ1n) is 12.3. The first kappa shape index (κ1) is 21.1. The van der Waals surface area contributed by atoms with Crippen molar-refractivity contribution in [3.8, 4) is 5.75 Å². The molecule has 4 aromatic rings. The van der Waals surface area contributed by atoms with Crippen LogP contribution in [0.1, 0.15) is 40.5 Å². The quantitative estimate of drug-likeness (QED) is 0.237. The number of imide groups is 1. The average Bonchev–Trinajstić information content (AvgIpc) is 3.17. The smallest absolute Gasteiger partial charge is 0.312 e. The van der Waals surface area contributed by atoms with Crippen LogP contribution in [0.2, 0.25) is 0 Å². The summed E-state index contributed by atoms with van der Waals surface area (Å²) in [6.45, 7) is 0.0310. The van der Waals surface area contributed by atoms with Crippen molar-refractivity contribution in [3.63, 3.8) is 0 Å². The average molecular weight is 474 g/mol. The SMILES string of the molecule is O=C(CCN1C(=O)[C@@H]2C3c4ccccc4C(c4ccccc43)[C@H]2C1=O)Oc1ccc2ccccc2c1.